The molecule has 3 aromatic carbocycles. The van der Waals surface area contributed by atoms with E-state index in [0.717, 1.165) is 36.5 Å². The molecule has 5 rings (SSSR count). The van der Waals surface area contributed by atoms with Gasteiger partial charge >= 0.3 is 0 Å². The van der Waals surface area contributed by atoms with E-state index >= 15 is 0 Å². The molecule has 3 aromatic rings. The van der Waals surface area contributed by atoms with Gasteiger partial charge in [0.1, 0.15) is 11.6 Å². The second-order valence-electron chi connectivity index (χ2n) is 9.00. The molecule has 1 saturated heterocycles. The van der Waals surface area contributed by atoms with E-state index in [1.54, 1.807) is 6.07 Å². The normalized spacial score (nSPS) is 17.4. The standard InChI is InChI=1S/C27H26ClFN2O2/c28-21-10-8-20(9-11-21)26(19-4-2-1-3-5-19)31-14-17(15-31)16-33-25-13-24(29)23(27(30)32)12-22(25)18-6-7-18/h1-5,8-13,17-18,26H,6-7,14-16H2,(H2,30,32). The number of rotatable bonds is 8. The SMILES string of the molecule is NC(=O)c1cc(C2CC2)c(OCC2CN(C(c3ccccc3)c3ccc(Cl)cc3)C2)cc1F. The van der Waals surface area contributed by atoms with Gasteiger partial charge in [-0.1, -0.05) is 54.1 Å². The summed E-state index contributed by atoms with van der Waals surface area (Å²) < 4.78 is 20.4. The molecule has 4 nitrogen and oxygen atoms in total. The number of amides is 1. The number of hydrogen-bond donors (Lipinski definition) is 1. The molecule has 1 atom stereocenters. The van der Waals surface area contributed by atoms with Crippen molar-refractivity contribution in [1.29, 1.82) is 0 Å². The van der Waals surface area contributed by atoms with Crippen molar-refractivity contribution < 1.29 is 13.9 Å². The second-order valence-corrected chi connectivity index (χ2v) is 9.44. The summed E-state index contributed by atoms with van der Waals surface area (Å²) in [5.41, 5.74) is 8.59. The van der Waals surface area contributed by atoms with Crippen molar-refractivity contribution in [3.05, 3.63) is 99.8 Å². The van der Waals surface area contributed by atoms with Crippen LogP contribution < -0.4 is 10.5 Å². The third kappa shape index (κ3) is 4.75. The van der Waals surface area contributed by atoms with Gasteiger partial charge in [0, 0.05) is 30.1 Å². The molecule has 0 aromatic heterocycles. The average Bonchev–Trinajstić information content (AvgIpc) is 3.62. The number of carbonyl (C=O) groups excluding carboxylic acids is 1. The number of halogens is 2. The summed E-state index contributed by atoms with van der Waals surface area (Å²) >= 11 is 6.11. The van der Waals surface area contributed by atoms with Crippen LogP contribution in [0.25, 0.3) is 0 Å². The van der Waals surface area contributed by atoms with Gasteiger partial charge in [-0.3, -0.25) is 9.69 Å². The molecule has 1 aliphatic heterocycles. The van der Waals surface area contributed by atoms with E-state index in [1.807, 2.05) is 18.2 Å². The highest BCUT2D eigenvalue weighted by atomic mass is 35.5. The van der Waals surface area contributed by atoms with Gasteiger partial charge in [-0.2, -0.15) is 0 Å². The quantitative estimate of drug-likeness (QED) is 0.475. The Balaban J connectivity index is 1.28. The molecule has 6 heteroatoms. The van der Waals surface area contributed by atoms with Crippen LogP contribution in [0.3, 0.4) is 0 Å². The molecule has 1 amide bonds. The van der Waals surface area contributed by atoms with Crippen molar-refractivity contribution in [3.8, 4) is 5.75 Å². The Hall–Kier alpha value is -2.89. The summed E-state index contributed by atoms with van der Waals surface area (Å²) in [5, 5.41) is 0.724. The average molecular weight is 465 g/mol. The first kappa shape index (κ1) is 21.9. The van der Waals surface area contributed by atoms with Crippen molar-refractivity contribution in [2.75, 3.05) is 19.7 Å². The van der Waals surface area contributed by atoms with Crippen LogP contribution in [-0.2, 0) is 0 Å². The lowest BCUT2D eigenvalue weighted by Gasteiger charge is -2.44. The van der Waals surface area contributed by atoms with Gasteiger partial charge in [-0.25, -0.2) is 4.39 Å². The molecule has 2 N–H and O–H groups in total. The number of nitrogens with zero attached hydrogens (tertiary/aromatic N) is 1. The summed E-state index contributed by atoms with van der Waals surface area (Å²) in [7, 11) is 0. The van der Waals surface area contributed by atoms with Crippen molar-refractivity contribution in [1.82, 2.24) is 4.90 Å². The van der Waals surface area contributed by atoms with Gasteiger partial charge in [-0.15, -0.1) is 0 Å². The first-order valence-electron chi connectivity index (χ1n) is 11.3. The molecule has 2 fully saturated rings. The molecule has 0 bridgehead atoms. The molecule has 170 valence electrons. The summed E-state index contributed by atoms with van der Waals surface area (Å²) in [6.45, 7) is 2.26. The topological polar surface area (TPSA) is 55.6 Å². The van der Waals surface area contributed by atoms with Gasteiger partial charge in [0.15, 0.2) is 0 Å². The van der Waals surface area contributed by atoms with E-state index < -0.39 is 11.7 Å². The monoisotopic (exact) mass is 464 g/mol. The third-order valence-electron chi connectivity index (χ3n) is 6.51. The highest BCUT2D eigenvalue weighted by molar-refractivity contribution is 6.30. The van der Waals surface area contributed by atoms with Crippen molar-refractivity contribution >= 4 is 17.5 Å². The number of hydrogen-bond acceptors (Lipinski definition) is 3. The maximum atomic E-state index is 14.4. The maximum absolute atomic E-state index is 14.4. The highest BCUT2D eigenvalue weighted by Crippen LogP contribution is 2.45. The van der Waals surface area contributed by atoms with Crippen molar-refractivity contribution in [3.63, 3.8) is 0 Å². The number of likely N-dealkylation sites (tertiary alicyclic amines) is 1. The molecule has 1 saturated carbocycles. The number of primary amides is 1. The van der Waals surface area contributed by atoms with E-state index in [4.69, 9.17) is 22.1 Å². The molecule has 1 unspecified atom stereocenters. The Bertz CT molecular complexity index is 1140. The number of ether oxygens (including phenoxy) is 1. The molecule has 1 aliphatic carbocycles. The minimum Gasteiger partial charge on any atom is -0.493 e. The Kier molecular flexibility index (Phi) is 6.09. The molecule has 0 spiro atoms. The summed E-state index contributed by atoms with van der Waals surface area (Å²) in [4.78, 5) is 14.0. The summed E-state index contributed by atoms with van der Waals surface area (Å²) in [6.07, 6.45) is 2.05. The number of carbonyl (C=O) groups is 1. The van der Waals surface area contributed by atoms with Crippen LogP contribution in [0.5, 0.6) is 5.75 Å². The van der Waals surface area contributed by atoms with E-state index in [-0.39, 0.29) is 11.6 Å². The lowest BCUT2D eigenvalue weighted by atomic mass is 9.90. The maximum Gasteiger partial charge on any atom is 0.251 e. The van der Waals surface area contributed by atoms with Crippen molar-refractivity contribution in [2.24, 2.45) is 11.7 Å². The molecule has 33 heavy (non-hydrogen) atoms. The molecular formula is C27H26ClFN2O2. The van der Waals surface area contributed by atoms with Crippen LogP contribution >= 0.6 is 11.6 Å². The predicted octanol–water partition coefficient (Wildman–Crippen LogP) is 5.56. The van der Waals surface area contributed by atoms with Crippen LogP contribution in [0.4, 0.5) is 4.39 Å². The molecule has 0 radical (unpaired) electrons. The zero-order valence-corrected chi connectivity index (χ0v) is 19.0. The first-order valence-corrected chi connectivity index (χ1v) is 11.7. The smallest absolute Gasteiger partial charge is 0.251 e. The fourth-order valence-electron chi connectivity index (χ4n) is 4.63. The summed E-state index contributed by atoms with van der Waals surface area (Å²) in [5.74, 6) is -0.164. The number of benzene rings is 3. The molecular weight excluding hydrogens is 439 g/mol. The largest absolute Gasteiger partial charge is 0.493 e. The number of nitrogens with two attached hydrogens (primary N) is 1. The van der Waals surface area contributed by atoms with Gasteiger partial charge in [0.25, 0.3) is 5.91 Å². The lowest BCUT2D eigenvalue weighted by molar-refractivity contribution is 0.0375. The first-order chi connectivity index (χ1) is 16.0. The molecule has 1 heterocycles. The summed E-state index contributed by atoms with van der Waals surface area (Å²) in [6, 6.07) is 21.5. The fraction of sp³-hybridized carbons (Fsp3) is 0.296. The Labute approximate surface area is 198 Å². The Morgan fingerprint density at radius 1 is 1.06 bits per heavy atom. The Morgan fingerprint density at radius 2 is 1.73 bits per heavy atom. The van der Waals surface area contributed by atoms with Crippen LogP contribution in [0.2, 0.25) is 5.02 Å². The lowest BCUT2D eigenvalue weighted by Crippen LogP contribution is -2.51. The van der Waals surface area contributed by atoms with Gasteiger partial charge in [0.05, 0.1) is 18.2 Å². The van der Waals surface area contributed by atoms with Gasteiger partial charge in [0.2, 0.25) is 0 Å². The predicted molar refractivity (Wildman–Crippen MR) is 127 cm³/mol. The zero-order valence-electron chi connectivity index (χ0n) is 18.2. The highest BCUT2D eigenvalue weighted by Gasteiger charge is 2.35. The van der Waals surface area contributed by atoms with Crippen LogP contribution in [-0.4, -0.2) is 30.5 Å². The van der Waals surface area contributed by atoms with Gasteiger partial charge in [-0.05, 0) is 53.6 Å². The van der Waals surface area contributed by atoms with Gasteiger partial charge < -0.3 is 10.5 Å². The van der Waals surface area contributed by atoms with Crippen molar-refractivity contribution in [2.45, 2.75) is 24.8 Å². The third-order valence-corrected chi connectivity index (χ3v) is 6.76. The minimum atomic E-state index is -0.746. The van der Waals surface area contributed by atoms with Crippen LogP contribution in [0.15, 0.2) is 66.7 Å². The van der Waals surface area contributed by atoms with E-state index in [0.29, 0.717) is 24.2 Å². The van der Waals surface area contributed by atoms with E-state index in [2.05, 4.69) is 41.3 Å². The molecule has 2 aliphatic rings. The zero-order chi connectivity index (χ0) is 22.9. The van der Waals surface area contributed by atoms with Crippen LogP contribution in [0, 0.1) is 11.7 Å². The fourth-order valence-corrected chi connectivity index (χ4v) is 4.75. The Morgan fingerprint density at radius 3 is 2.36 bits per heavy atom. The van der Waals surface area contributed by atoms with Crippen LogP contribution in [0.1, 0.15) is 51.8 Å². The van der Waals surface area contributed by atoms with E-state index in [1.165, 1.54) is 17.2 Å². The minimum absolute atomic E-state index is 0.0623. The van der Waals surface area contributed by atoms with E-state index in [9.17, 15) is 9.18 Å². The second kappa shape index (κ2) is 9.16.